The van der Waals surface area contributed by atoms with Crippen LogP contribution in [0.1, 0.15) is 5.69 Å². The Balaban J connectivity index is 1.74. The molecular weight excluding hydrogens is 419 g/mol. The van der Waals surface area contributed by atoms with Crippen LogP contribution in [0.25, 0.3) is 43.2 Å². The van der Waals surface area contributed by atoms with E-state index in [1.54, 1.807) is 35.9 Å². The van der Waals surface area contributed by atoms with Crippen LogP contribution in [-0.2, 0) is 11.3 Å². The van der Waals surface area contributed by atoms with Gasteiger partial charge in [0.15, 0.2) is 0 Å². The van der Waals surface area contributed by atoms with Crippen LogP contribution >= 0.6 is 22.9 Å². The Bertz CT molecular complexity index is 1440. The third kappa shape index (κ3) is 2.93. The number of aromatic nitrogens is 2. The van der Waals surface area contributed by atoms with Gasteiger partial charge >= 0.3 is 0 Å². The summed E-state index contributed by atoms with van der Waals surface area (Å²) in [7, 11) is 0. The molecule has 0 aliphatic rings. The zero-order valence-electron chi connectivity index (χ0n) is 16.0. The molecule has 3 aromatic heterocycles. The maximum Gasteiger partial charge on any atom is 0.139 e. The average Bonchev–Trinajstić information content (AvgIpc) is 3.26. The highest BCUT2D eigenvalue weighted by Gasteiger charge is 2.19. The molecule has 30 heavy (non-hydrogen) atoms. The lowest BCUT2D eigenvalue weighted by Gasteiger charge is -2.06. The minimum absolute atomic E-state index is 0.237. The van der Waals surface area contributed by atoms with Crippen LogP contribution in [0.2, 0.25) is 5.02 Å². The molecule has 0 saturated carbocycles. The van der Waals surface area contributed by atoms with Crippen molar-refractivity contribution in [2.45, 2.75) is 13.5 Å². The molecule has 0 aliphatic heterocycles. The number of pyridine rings is 1. The van der Waals surface area contributed by atoms with Gasteiger partial charge < -0.3 is 9.36 Å². The molecule has 0 radical (unpaired) electrons. The number of hydrogen-bond acceptors (Lipinski definition) is 3. The Morgan fingerprint density at radius 2 is 2.00 bits per heavy atom. The third-order valence-electron chi connectivity index (χ3n) is 5.47. The predicted molar refractivity (Wildman–Crippen MR) is 122 cm³/mol. The van der Waals surface area contributed by atoms with Gasteiger partial charge in [0, 0.05) is 55.8 Å². The molecule has 0 atom stereocenters. The van der Waals surface area contributed by atoms with Crippen LogP contribution < -0.4 is 0 Å². The van der Waals surface area contributed by atoms with Crippen molar-refractivity contribution in [2.24, 2.45) is 0 Å². The van der Waals surface area contributed by atoms with E-state index in [1.807, 2.05) is 23.6 Å². The second kappa shape index (κ2) is 7.35. The fourth-order valence-electron chi connectivity index (χ4n) is 4.10. The number of rotatable bonds is 4. The topological polar surface area (TPSA) is 34.9 Å². The number of benzene rings is 2. The van der Waals surface area contributed by atoms with E-state index in [9.17, 15) is 9.18 Å². The minimum Gasteiger partial charge on any atom is -0.337 e. The summed E-state index contributed by atoms with van der Waals surface area (Å²) in [6.07, 6.45) is 4.24. The van der Waals surface area contributed by atoms with E-state index in [4.69, 9.17) is 11.6 Å². The van der Waals surface area contributed by atoms with Crippen LogP contribution in [-0.4, -0.2) is 15.8 Å². The van der Waals surface area contributed by atoms with Gasteiger partial charge in [-0.3, -0.25) is 4.98 Å². The molecule has 5 aromatic rings. The number of halogens is 2. The van der Waals surface area contributed by atoms with Crippen LogP contribution in [0.15, 0.2) is 60.2 Å². The molecule has 2 aromatic carbocycles. The lowest BCUT2D eigenvalue weighted by molar-refractivity contribution is -0.108. The average molecular weight is 435 g/mol. The molecule has 3 nitrogen and oxygen atoms in total. The Hall–Kier alpha value is -3.02. The first-order chi connectivity index (χ1) is 14.6. The molecule has 0 amide bonds. The summed E-state index contributed by atoms with van der Waals surface area (Å²) in [5.41, 5.74) is 5.77. The Kier molecular flexibility index (Phi) is 4.65. The summed E-state index contributed by atoms with van der Waals surface area (Å²) in [4.78, 5) is 15.3. The number of hydrogen-bond donors (Lipinski definition) is 0. The standard InChI is InChI=1S/C24H16ClFN2OS/c1-14-24(19-11-16(26)3-5-22(19)28(14)8-9-29)20-13-30-23-10-15(2-4-18(20)23)17-6-7-27-12-21(17)25/h2-7,9-13H,8H2,1H3. The fraction of sp³-hybridized carbons (Fsp3) is 0.0833. The number of nitrogens with zero attached hydrogens (tertiary/aromatic N) is 2. The Morgan fingerprint density at radius 3 is 2.80 bits per heavy atom. The monoisotopic (exact) mass is 434 g/mol. The van der Waals surface area contributed by atoms with Gasteiger partial charge in [-0.1, -0.05) is 23.7 Å². The number of aldehydes is 1. The molecule has 6 heteroatoms. The van der Waals surface area contributed by atoms with E-state index in [0.717, 1.165) is 55.2 Å². The lowest BCUT2D eigenvalue weighted by Crippen LogP contribution is -2.00. The first kappa shape index (κ1) is 19.0. The van der Waals surface area contributed by atoms with Crippen molar-refractivity contribution in [1.29, 1.82) is 0 Å². The fourth-order valence-corrected chi connectivity index (χ4v) is 5.32. The van der Waals surface area contributed by atoms with Crippen molar-refractivity contribution in [3.63, 3.8) is 0 Å². The second-order valence-corrected chi connectivity index (χ2v) is 8.43. The van der Waals surface area contributed by atoms with Crippen molar-refractivity contribution in [1.82, 2.24) is 9.55 Å². The van der Waals surface area contributed by atoms with Gasteiger partial charge in [-0.25, -0.2) is 4.39 Å². The van der Waals surface area contributed by atoms with Gasteiger partial charge in [-0.2, -0.15) is 0 Å². The molecule has 0 unspecified atom stereocenters. The van der Waals surface area contributed by atoms with E-state index in [-0.39, 0.29) is 12.4 Å². The third-order valence-corrected chi connectivity index (χ3v) is 6.72. The minimum atomic E-state index is -0.291. The summed E-state index contributed by atoms with van der Waals surface area (Å²) >= 11 is 7.95. The summed E-state index contributed by atoms with van der Waals surface area (Å²) in [6.45, 7) is 2.21. The first-order valence-electron chi connectivity index (χ1n) is 9.42. The number of fused-ring (bicyclic) bond motifs is 2. The number of carbonyl (C=O) groups is 1. The summed E-state index contributed by atoms with van der Waals surface area (Å²) in [6, 6.07) is 12.9. The zero-order chi connectivity index (χ0) is 20.8. The van der Waals surface area contributed by atoms with Gasteiger partial charge in [0.1, 0.15) is 12.1 Å². The van der Waals surface area contributed by atoms with Gasteiger partial charge in [0.2, 0.25) is 0 Å². The first-order valence-corrected chi connectivity index (χ1v) is 10.7. The quantitative estimate of drug-likeness (QED) is 0.289. The molecule has 148 valence electrons. The van der Waals surface area contributed by atoms with Gasteiger partial charge in [-0.05, 0) is 48.2 Å². The van der Waals surface area contributed by atoms with Crippen molar-refractivity contribution < 1.29 is 9.18 Å². The molecule has 0 saturated heterocycles. The molecule has 5 rings (SSSR count). The van der Waals surface area contributed by atoms with Crippen LogP contribution in [0, 0.1) is 12.7 Å². The van der Waals surface area contributed by atoms with Crippen molar-refractivity contribution in [2.75, 3.05) is 0 Å². The Morgan fingerprint density at radius 1 is 1.13 bits per heavy atom. The molecule has 0 fully saturated rings. The van der Waals surface area contributed by atoms with Crippen LogP contribution in [0.5, 0.6) is 0 Å². The Labute approximate surface area is 181 Å². The molecule has 0 bridgehead atoms. The van der Waals surface area contributed by atoms with Crippen LogP contribution in [0.3, 0.4) is 0 Å². The number of carbonyl (C=O) groups excluding carboxylic acids is 1. The highest BCUT2D eigenvalue weighted by Crippen LogP contribution is 2.42. The lowest BCUT2D eigenvalue weighted by atomic mass is 9.99. The van der Waals surface area contributed by atoms with E-state index in [1.165, 1.54) is 6.07 Å². The van der Waals surface area contributed by atoms with E-state index < -0.39 is 0 Å². The summed E-state index contributed by atoms with van der Waals surface area (Å²) < 4.78 is 17.1. The molecule has 0 aliphatic carbocycles. The van der Waals surface area contributed by atoms with Gasteiger partial charge in [0.05, 0.1) is 11.6 Å². The molecular formula is C24H16ClFN2OS. The number of thiophene rings is 1. The van der Waals surface area contributed by atoms with E-state index >= 15 is 0 Å². The highest BCUT2D eigenvalue weighted by molar-refractivity contribution is 7.17. The second-order valence-electron chi connectivity index (χ2n) is 7.11. The van der Waals surface area contributed by atoms with Crippen molar-refractivity contribution in [3.8, 4) is 22.3 Å². The maximum atomic E-state index is 14.1. The smallest absolute Gasteiger partial charge is 0.139 e. The summed E-state index contributed by atoms with van der Waals surface area (Å²) in [5, 5.41) is 4.61. The highest BCUT2D eigenvalue weighted by atomic mass is 35.5. The summed E-state index contributed by atoms with van der Waals surface area (Å²) in [5.74, 6) is -0.291. The van der Waals surface area contributed by atoms with E-state index in [2.05, 4.69) is 22.5 Å². The largest absolute Gasteiger partial charge is 0.337 e. The normalized spacial score (nSPS) is 11.4. The van der Waals surface area contributed by atoms with Crippen molar-refractivity contribution in [3.05, 3.63) is 76.8 Å². The molecule has 0 spiro atoms. The maximum absolute atomic E-state index is 14.1. The zero-order valence-corrected chi connectivity index (χ0v) is 17.6. The van der Waals surface area contributed by atoms with Crippen LogP contribution in [0.4, 0.5) is 4.39 Å². The van der Waals surface area contributed by atoms with Crippen molar-refractivity contribution >= 4 is 50.2 Å². The predicted octanol–water partition coefficient (Wildman–Crippen LogP) is 6.88. The molecule has 3 heterocycles. The SMILES string of the molecule is Cc1c(-c2csc3cc(-c4ccncc4Cl)ccc23)c2cc(F)ccc2n1CC=O. The molecule has 0 N–H and O–H groups in total. The van der Waals surface area contributed by atoms with E-state index in [0.29, 0.717) is 5.02 Å². The van der Waals surface area contributed by atoms with Gasteiger partial charge in [0.25, 0.3) is 0 Å². The van der Waals surface area contributed by atoms with Gasteiger partial charge in [-0.15, -0.1) is 11.3 Å².